The number of hydrogen-bond donors (Lipinski definition) is 1. The molecule has 4 rings (SSSR count). The molecule has 1 aromatic heterocycles. The molecule has 2 heterocycles. The van der Waals surface area contributed by atoms with E-state index in [4.69, 9.17) is 0 Å². The Hall–Kier alpha value is -3.68. The molecule has 0 bridgehead atoms. The van der Waals surface area contributed by atoms with E-state index in [9.17, 15) is 22.8 Å². The molecule has 0 aliphatic carbocycles. The molecule has 1 fully saturated rings. The first kappa shape index (κ1) is 21.5. The second-order valence-electron chi connectivity index (χ2n) is 7.59. The molecule has 1 saturated heterocycles. The fourth-order valence-electron chi connectivity index (χ4n) is 4.07. The molecule has 0 unspecified atom stereocenters. The van der Waals surface area contributed by atoms with Crippen molar-refractivity contribution in [1.82, 2.24) is 9.88 Å². The molecule has 164 valence electrons. The number of hydrogen-bond acceptors (Lipinski definition) is 3. The lowest BCUT2D eigenvalue weighted by Gasteiger charge is -2.29. The van der Waals surface area contributed by atoms with Gasteiger partial charge in [0.2, 0.25) is 11.8 Å². The zero-order valence-corrected chi connectivity index (χ0v) is 17.0. The molecule has 2 amide bonds. The number of carbonyl (C=O) groups is 2. The van der Waals surface area contributed by atoms with Crippen molar-refractivity contribution in [1.29, 1.82) is 0 Å². The van der Waals surface area contributed by atoms with Gasteiger partial charge in [0.05, 0.1) is 12.1 Å². The smallest absolute Gasteiger partial charge is 0.332 e. The number of amides is 2. The summed E-state index contributed by atoms with van der Waals surface area (Å²) in [6.45, 7) is 0.152. The van der Waals surface area contributed by atoms with Crippen molar-refractivity contribution in [2.24, 2.45) is 0 Å². The highest BCUT2D eigenvalue weighted by atomic mass is 19.4. The lowest BCUT2D eigenvalue weighted by atomic mass is 9.73. The van der Waals surface area contributed by atoms with Gasteiger partial charge < -0.3 is 10.2 Å². The molecule has 1 aliphatic heterocycles. The molecular weight excluding hydrogens is 419 g/mol. The van der Waals surface area contributed by atoms with E-state index in [2.05, 4.69) is 10.3 Å². The van der Waals surface area contributed by atoms with Gasteiger partial charge in [-0.1, -0.05) is 60.7 Å². The molecule has 0 spiro atoms. The summed E-state index contributed by atoms with van der Waals surface area (Å²) in [5.41, 5.74) is -0.0946. The Labute approximate surface area is 182 Å². The van der Waals surface area contributed by atoms with E-state index < -0.39 is 23.1 Å². The topological polar surface area (TPSA) is 62.3 Å². The fraction of sp³-hybridized carbons (Fsp3) is 0.208. The summed E-state index contributed by atoms with van der Waals surface area (Å²) in [7, 11) is 0. The van der Waals surface area contributed by atoms with Crippen LogP contribution in [-0.4, -0.2) is 34.8 Å². The van der Waals surface area contributed by atoms with Gasteiger partial charge in [0, 0.05) is 12.7 Å². The number of aromatic nitrogens is 1. The number of likely N-dealkylation sites (tertiary alicyclic amines) is 1. The monoisotopic (exact) mass is 439 g/mol. The molecule has 1 N–H and O–H groups in total. The molecule has 2 aromatic carbocycles. The average molecular weight is 439 g/mol. The summed E-state index contributed by atoms with van der Waals surface area (Å²) in [6.07, 6.45) is -3.34. The molecule has 0 atom stereocenters. The second kappa shape index (κ2) is 8.45. The van der Waals surface area contributed by atoms with E-state index in [1.165, 1.54) is 4.90 Å². The SMILES string of the molecule is O=C(CN1CCC(c2ccccc2)(c2ccccc2)C1=O)Nc1ccc(C(F)(F)F)cn1. The molecular formula is C24H20F3N3O2. The number of benzene rings is 2. The minimum absolute atomic E-state index is 0.00738. The van der Waals surface area contributed by atoms with Crippen molar-refractivity contribution in [3.05, 3.63) is 95.7 Å². The van der Waals surface area contributed by atoms with Crippen LogP contribution in [0, 0.1) is 0 Å². The van der Waals surface area contributed by atoms with E-state index in [1.54, 1.807) is 0 Å². The van der Waals surface area contributed by atoms with Crippen LogP contribution in [-0.2, 0) is 21.2 Å². The minimum atomic E-state index is -4.50. The van der Waals surface area contributed by atoms with E-state index in [0.717, 1.165) is 23.3 Å². The van der Waals surface area contributed by atoms with Crippen molar-refractivity contribution >= 4 is 17.6 Å². The average Bonchev–Trinajstić information content (AvgIpc) is 3.11. The largest absolute Gasteiger partial charge is 0.417 e. The Balaban J connectivity index is 1.52. The highest BCUT2D eigenvalue weighted by Crippen LogP contribution is 2.41. The first-order chi connectivity index (χ1) is 15.3. The zero-order valence-electron chi connectivity index (χ0n) is 17.0. The first-order valence-corrected chi connectivity index (χ1v) is 10.0. The fourth-order valence-corrected chi connectivity index (χ4v) is 4.07. The van der Waals surface area contributed by atoms with Gasteiger partial charge in [0.25, 0.3) is 0 Å². The lowest BCUT2D eigenvalue weighted by Crippen LogP contribution is -2.42. The summed E-state index contributed by atoms with van der Waals surface area (Å²) in [6, 6.07) is 20.8. The number of nitrogens with zero attached hydrogens (tertiary/aromatic N) is 2. The van der Waals surface area contributed by atoms with E-state index in [-0.39, 0.29) is 18.3 Å². The van der Waals surface area contributed by atoms with E-state index >= 15 is 0 Å². The number of pyridine rings is 1. The van der Waals surface area contributed by atoms with Gasteiger partial charge in [0.1, 0.15) is 11.2 Å². The van der Waals surface area contributed by atoms with Crippen molar-refractivity contribution in [2.45, 2.75) is 18.0 Å². The number of nitrogens with one attached hydrogen (secondary N) is 1. The van der Waals surface area contributed by atoms with Gasteiger partial charge in [-0.3, -0.25) is 9.59 Å². The van der Waals surface area contributed by atoms with Crippen LogP contribution in [0.4, 0.5) is 19.0 Å². The number of halogens is 3. The van der Waals surface area contributed by atoms with Crippen LogP contribution in [0.1, 0.15) is 23.1 Å². The van der Waals surface area contributed by atoms with Crippen LogP contribution < -0.4 is 5.32 Å². The summed E-state index contributed by atoms with van der Waals surface area (Å²) in [4.78, 5) is 31.2. The maximum absolute atomic E-state index is 13.6. The van der Waals surface area contributed by atoms with Gasteiger partial charge in [0.15, 0.2) is 0 Å². The Kier molecular flexibility index (Phi) is 5.69. The van der Waals surface area contributed by atoms with Crippen molar-refractivity contribution in [2.75, 3.05) is 18.4 Å². The standard InChI is InChI=1S/C24H20F3N3O2/c25-24(26,27)19-11-12-20(28-15-19)29-21(31)16-30-14-13-23(22(30)32,17-7-3-1-4-8-17)18-9-5-2-6-10-18/h1-12,15H,13-14,16H2,(H,28,29,31). The predicted molar refractivity (Wildman–Crippen MR) is 113 cm³/mol. The summed E-state index contributed by atoms with van der Waals surface area (Å²) >= 11 is 0. The first-order valence-electron chi connectivity index (χ1n) is 10.0. The number of carbonyl (C=O) groups excluding carboxylic acids is 2. The Morgan fingerprint density at radius 1 is 0.969 bits per heavy atom. The lowest BCUT2D eigenvalue weighted by molar-refractivity contribution is -0.137. The van der Waals surface area contributed by atoms with Gasteiger partial charge in [-0.2, -0.15) is 13.2 Å². The second-order valence-corrected chi connectivity index (χ2v) is 7.59. The van der Waals surface area contributed by atoms with Crippen LogP contribution >= 0.6 is 0 Å². The zero-order chi connectivity index (χ0) is 22.8. The highest BCUT2D eigenvalue weighted by molar-refractivity contribution is 5.99. The van der Waals surface area contributed by atoms with Gasteiger partial charge in [-0.15, -0.1) is 0 Å². The normalized spacial score (nSPS) is 15.6. The maximum atomic E-state index is 13.6. The third-order valence-corrected chi connectivity index (χ3v) is 5.63. The van der Waals surface area contributed by atoms with Crippen molar-refractivity contribution in [3.8, 4) is 0 Å². The van der Waals surface area contributed by atoms with Crippen molar-refractivity contribution in [3.63, 3.8) is 0 Å². The summed E-state index contributed by atoms with van der Waals surface area (Å²) < 4.78 is 38.0. The van der Waals surface area contributed by atoms with Crippen LogP contribution in [0.5, 0.6) is 0 Å². The molecule has 8 heteroatoms. The van der Waals surface area contributed by atoms with E-state index in [1.807, 2.05) is 60.7 Å². The third-order valence-electron chi connectivity index (χ3n) is 5.63. The quantitative estimate of drug-likeness (QED) is 0.646. The van der Waals surface area contributed by atoms with Gasteiger partial charge in [-0.05, 0) is 29.7 Å². The van der Waals surface area contributed by atoms with Crippen LogP contribution in [0.25, 0.3) is 0 Å². The molecule has 32 heavy (non-hydrogen) atoms. The third kappa shape index (κ3) is 4.08. The number of rotatable bonds is 5. The molecule has 1 aliphatic rings. The van der Waals surface area contributed by atoms with Crippen LogP contribution in [0.2, 0.25) is 0 Å². The van der Waals surface area contributed by atoms with Crippen LogP contribution in [0.3, 0.4) is 0 Å². The van der Waals surface area contributed by atoms with Crippen molar-refractivity contribution < 1.29 is 22.8 Å². The van der Waals surface area contributed by atoms with E-state index in [0.29, 0.717) is 19.2 Å². The molecule has 0 radical (unpaired) electrons. The Morgan fingerprint density at radius 2 is 1.56 bits per heavy atom. The number of alkyl halides is 3. The molecule has 5 nitrogen and oxygen atoms in total. The van der Waals surface area contributed by atoms with Crippen LogP contribution in [0.15, 0.2) is 79.0 Å². The molecule has 0 saturated carbocycles. The number of anilines is 1. The predicted octanol–water partition coefficient (Wildman–Crippen LogP) is 4.26. The minimum Gasteiger partial charge on any atom is -0.332 e. The maximum Gasteiger partial charge on any atom is 0.417 e. The molecule has 3 aromatic rings. The summed E-state index contributed by atoms with van der Waals surface area (Å²) in [5.74, 6) is -0.722. The Morgan fingerprint density at radius 3 is 2.06 bits per heavy atom. The Bertz CT molecular complexity index is 1060. The van der Waals surface area contributed by atoms with Gasteiger partial charge in [-0.25, -0.2) is 4.98 Å². The summed E-state index contributed by atoms with van der Waals surface area (Å²) in [5, 5.41) is 2.46. The highest BCUT2D eigenvalue weighted by Gasteiger charge is 2.49. The van der Waals surface area contributed by atoms with Gasteiger partial charge >= 0.3 is 6.18 Å².